The molecule has 5 heteroatoms. The number of hydrogen-bond donors (Lipinski definition) is 1. The van der Waals surface area contributed by atoms with Gasteiger partial charge in [-0.15, -0.1) is 0 Å². The fourth-order valence-electron chi connectivity index (χ4n) is 1.45. The molecule has 0 spiro atoms. The first kappa shape index (κ1) is 12.2. The Labute approximate surface area is 110 Å². The number of anilines is 2. The molecule has 0 aliphatic rings. The Morgan fingerprint density at radius 2 is 2.17 bits per heavy atom. The zero-order chi connectivity index (χ0) is 13.0. The number of aromatic nitrogens is 1. The molecule has 0 bridgehead atoms. The minimum atomic E-state index is 0.543. The summed E-state index contributed by atoms with van der Waals surface area (Å²) in [4.78, 5) is 4.12. The van der Waals surface area contributed by atoms with E-state index in [1.54, 1.807) is 37.6 Å². The van der Waals surface area contributed by atoms with E-state index in [-0.39, 0.29) is 0 Å². The Hall–Kier alpha value is -2.25. The lowest BCUT2D eigenvalue weighted by Crippen LogP contribution is -1.94. The summed E-state index contributed by atoms with van der Waals surface area (Å²) in [6, 6.07) is 10.7. The van der Waals surface area contributed by atoms with Crippen LogP contribution in [-0.4, -0.2) is 12.1 Å². The molecule has 2 rings (SSSR count). The largest absolute Gasteiger partial charge is 0.495 e. The van der Waals surface area contributed by atoms with Crippen molar-refractivity contribution in [1.29, 1.82) is 5.26 Å². The van der Waals surface area contributed by atoms with Gasteiger partial charge in [0.25, 0.3) is 0 Å². The lowest BCUT2D eigenvalue weighted by molar-refractivity contribution is 0.415. The van der Waals surface area contributed by atoms with Gasteiger partial charge in [0.05, 0.1) is 23.8 Å². The molecule has 0 aliphatic heterocycles. The van der Waals surface area contributed by atoms with Gasteiger partial charge in [0, 0.05) is 18.0 Å². The third kappa shape index (κ3) is 2.70. The number of benzene rings is 1. The Balaban J connectivity index is 2.26. The Morgan fingerprint density at radius 1 is 1.33 bits per heavy atom. The predicted molar refractivity (Wildman–Crippen MR) is 70.2 cm³/mol. The minimum absolute atomic E-state index is 0.543. The zero-order valence-corrected chi connectivity index (χ0v) is 10.4. The fraction of sp³-hybridized carbons (Fsp3) is 0.0769. The van der Waals surface area contributed by atoms with Crippen molar-refractivity contribution in [2.75, 3.05) is 12.4 Å². The van der Waals surface area contributed by atoms with Gasteiger partial charge in [-0.2, -0.15) is 5.26 Å². The van der Waals surface area contributed by atoms with Gasteiger partial charge in [-0.25, -0.2) is 4.98 Å². The normalized spacial score (nSPS) is 9.61. The highest BCUT2D eigenvalue weighted by Gasteiger charge is 2.03. The van der Waals surface area contributed by atoms with E-state index in [9.17, 15) is 0 Å². The maximum absolute atomic E-state index is 8.80. The number of pyridine rings is 1. The summed E-state index contributed by atoms with van der Waals surface area (Å²) < 4.78 is 5.12. The number of rotatable bonds is 3. The number of halogens is 1. The van der Waals surface area contributed by atoms with Crippen LogP contribution in [0.15, 0.2) is 36.5 Å². The topological polar surface area (TPSA) is 57.9 Å². The molecule has 2 aromatic rings. The maximum Gasteiger partial charge on any atom is 0.139 e. The summed E-state index contributed by atoms with van der Waals surface area (Å²) >= 11 is 5.94. The van der Waals surface area contributed by atoms with E-state index in [0.717, 1.165) is 5.69 Å². The summed E-state index contributed by atoms with van der Waals surface area (Å²) in [5, 5.41) is 12.4. The van der Waals surface area contributed by atoms with Crippen LogP contribution in [0.1, 0.15) is 5.56 Å². The van der Waals surface area contributed by atoms with Gasteiger partial charge in [0.2, 0.25) is 0 Å². The number of methoxy groups -OCH3 is 1. The van der Waals surface area contributed by atoms with E-state index in [1.165, 1.54) is 0 Å². The molecule has 0 amide bonds. The third-order valence-corrected chi connectivity index (χ3v) is 2.62. The fourth-order valence-corrected chi connectivity index (χ4v) is 1.65. The van der Waals surface area contributed by atoms with Gasteiger partial charge in [-0.05, 0) is 24.3 Å². The van der Waals surface area contributed by atoms with Crippen molar-refractivity contribution in [3.63, 3.8) is 0 Å². The van der Waals surface area contributed by atoms with Crippen LogP contribution < -0.4 is 10.1 Å². The predicted octanol–water partition coefficient (Wildman–Crippen LogP) is 3.36. The van der Waals surface area contributed by atoms with Crippen molar-refractivity contribution in [2.45, 2.75) is 0 Å². The molecule has 0 saturated heterocycles. The lowest BCUT2D eigenvalue weighted by atomic mass is 10.2. The van der Waals surface area contributed by atoms with Crippen molar-refractivity contribution in [2.24, 2.45) is 0 Å². The van der Waals surface area contributed by atoms with Crippen LogP contribution in [0.3, 0.4) is 0 Å². The third-order valence-electron chi connectivity index (χ3n) is 2.31. The van der Waals surface area contributed by atoms with Gasteiger partial charge in [-0.1, -0.05) is 11.6 Å². The first-order chi connectivity index (χ1) is 8.72. The first-order valence-corrected chi connectivity index (χ1v) is 5.57. The van der Waals surface area contributed by atoms with Crippen molar-refractivity contribution in [3.05, 3.63) is 47.1 Å². The van der Waals surface area contributed by atoms with Crippen molar-refractivity contribution < 1.29 is 4.74 Å². The SMILES string of the molecule is COc1cc(Nc2cc(C#N)ccn2)ccc1Cl. The molecule has 0 aliphatic carbocycles. The highest BCUT2D eigenvalue weighted by atomic mass is 35.5. The first-order valence-electron chi connectivity index (χ1n) is 5.19. The average molecular weight is 260 g/mol. The molecule has 1 N–H and O–H groups in total. The quantitative estimate of drug-likeness (QED) is 0.918. The number of nitriles is 1. The molecule has 4 nitrogen and oxygen atoms in total. The van der Waals surface area contributed by atoms with Gasteiger partial charge >= 0.3 is 0 Å². The van der Waals surface area contributed by atoms with Crippen LogP contribution in [-0.2, 0) is 0 Å². The van der Waals surface area contributed by atoms with Gasteiger partial charge in [-0.3, -0.25) is 0 Å². The minimum Gasteiger partial charge on any atom is -0.495 e. The van der Waals surface area contributed by atoms with Crippen molar-refractivity contribution >= 4 is 23.1 Å². The Kier molecular flexibility index (Phi) is 3.66. The molecule has 0 unspecified atom stereocenters. The molecule has 90 valence electrons. The summed E-state index contributed by atoms with van der Waals surface area (Å²) in [5.41, 5.74) is 1.34. The zero-order valence-electron chi connectivity index (χ0n) is 9.64. The molecule has 0 atom stereocenters. The van der Waals surface area contributed by atoms with Crippen LogP contribution in [0.2, 0.25) is 5.02 Å². The van der Waals surface area contributed by atoms with Gasteiger partial charge in [0.15, 0.2) is 0 Å². The highest BCUT2D eigenvalue weighted by molar-refractivity contribution is 6.32. The van der Waals surface area contributed by atoms with E-state index in [0.29, 0.717) is 22.2 Å². The molecule has 18 heavy (non-hydrogen) atoms. The second-order valence-electron chi connectivity index (χ2n) is 3.52. The molecular formula is C13H10ClN3O. The lowest BCUT2D eigenvalue weighted by Gasteiger charge is -2.08. The van der Waals surface area contributed by atoms with Crippen LogP contribution in [0.25, 0.3) is 0 Å². The van der Waals surface area contributed by atoms with E-state index in [4.69, 9.17) is 21.6 Å². The molecule has 1 aromatic heterocycles. The molecule has 0 fully saturated rings. The summed E-state index contributed by atoms with van der Waals surface area (Å²) in [6.45, 7) is 0. The number of nitrogens with one attached hydrogen (secondary N) is 1. The number of hydrogen-bond acceptors (Lipinski definition) is 4. The van der Waals surface area contributed by atoms with E-state index < -0.39 is 0 Å². The van der Waals surface area contributed by atoms with Crippen LogP contribution in [0.4, 0.5) is 11.5 Å². The smallest absolute Gasteiger partial charge is 0.139 e. The highest BCUT2D eigenvalue weighted by Crippen LogP contribution is 2.28. The molecule has 0 saturated carbocycles. The molecule has 1 heterocycles. The van der Waals surface area contributed by atoms with Gasteiger partial charge < -0.3 is 10.1 Å². The van der Waals surface area contributed by atoms with Crippen LogP contribution >= 0.6 is 11.6 Å². The maximum atomic E-state index is 8.80. The van der Waals surface area contributed by atoms with E-state index in [1.807, 2.05) is 6.07 Å². The van der Waals surface area contributed by atoms with Crippen molar-refractivity contribution in [3.8, 4) is 11.8 Å². The van der Waals surface area contributed by atoms with Crippen LogP contribution in [0.5, 0.6) is 5.75 Å². The Bertz CT molecular complexity index is 607. The molecule has 0 radical (unpaired) electrons. The van der Waals surface area contributed by atoms with Crippen molar-refractivity contribution in [1.82, 2.24) is 4.98 Å². The Morgan fingerprint density at radius 3 is 2.89 bits per heavy atom. The van der Waals surface area contributed by atoms with E-state index in [2.05, 4.69) is 16.4 Å². The number of ether oxygens (including phenoxy) is 1. The van der Waals surface area contributed by atoms with E-state index >= 15 is 0 Å². The van der Waals surface area contributed by atoms with Gasteiger partial charge in [0.1, 0.15) is 11.6 Å². The average Bonchev–Trinajstić information content (AvgIpc) is 2.41. The molecular weight excluding hydrogens is 250 g/mol. The second-order valence-corrected chi connectivity index (χ2v) is 3.92. The standard InChI is InChI=1S/C13H10ClN3O/c1-18-12-7-10(2-3-11(12)14)17-13-6-9(8-15)4-5-16-13/h2-7H,1H3,(H,16,17). The number of nitrogens with zero attached hydrogens (tertiary/aromatic N) is 2. The summed E-state index contributed by atoms with van der Waals surface area (Å²) in [6.07, 6.45) is 1.58. The van der Waals surface area contributed by atoms with Crippen LogP contribution in [0, 0.1) is 11.3 Å². The summed E-state index contributed by atoms with van der Waals surface area (Å²) in [7, 11) is 1.56. The second kappa shape index (κ2) is 5.39. The molecule has 1 aromatic carbocycles. The summed E-state index contributed by atoms with van der Waals surface area (Å²) in [5.74, 6) is 1.18. The monoisotopic (exact) mass is 259 g/mol.